The smallest absolute Gasteiger partial charge is 0.0669 e. The molecule has 0 bridgehead atoms. The summed E-state index contributed by atoms with van der Waals surface area (Å²) in [6.45, 7) is 7.70. The summed E-state index contributed by atoms with van der Waals surface area (Å²) >= 11 is 0. The topological polar surface area (TPSA) is 33.0 Å². The van der Waals surface area contributed by atoms with Crippen LogP contribution >= 0.6 is 0 Å². The molecular formula is C15H19NO. The van der Waals surface area contributed by atoms with E-state index in [2.05, 4.69) is 45.0 Å². The van der Waals surface area contributed by atoms with E-state index in [9.17, 15) is 5.26 Å². The fraction of sp³-hybridized carbons (Fsp3) is 0.533. The van der Waals surface area contributed by atoms with Gasteiger partial charge in [-0.1, -0.05) is 38.1 Å². The number of nitriles is 1. The molecule has 0 aliphatic carbocycles. The molecule has 0 saturated carbocycles. The summed E-state index contributed by atoms with van der Waals surface area (Å²) < 4.78 is 5.43. The standard InChI is InChI=1S/C15H19NO/c1-11(2)14(8-16)15(9-17-10-15)13-7-5-4-6-12(13)3/h4-7,11,14H,9-10H2,1-3H3. The van der Waals surface area contributed by atoms with E-state index in [4.69, 9.17) is 4.74 Å². The molecule has 0 spiro atoms. The third-order valence-electron chi connectivity index (χ3n) is 3.80. The van der Waals surface area contributed by atoms with Gasteiger partial charge in [0.1, 0.15) is 0 Å². The van der Waals surface area contributed by atoms with Crippen molar-refractivity contribution in [1.29, 1.82) is 5.26 Å². The highest BCUT2D eigenvalue weighted by Crippen LogP contribution is 2.43. The van der Waals surface area contributed by atoms with Gasteiger partial charge in [0.05, 0.1) is 30.6 Å². The van der Waals surface area contributed by atoms with Crippen LogP contribution in [0.25, 0.3) is 0 Å². The Bertz CT molecular complexity index is 440. The zero-order valence-corrected chi connectivity index (χ0v) is 10.7. The molecule has 2 rings (SSSR count). The average Bonchev–Trinajstić information content (AvgIpc) is 2.24. The molecule has 1 atom stereocenters. The van der Waals surface area contributed by atoms with Crippen molar-refractivity contribution >= 4 is 0 Å². The highest BCUT2D eigenvalue weighted by Gasteiger charge is 2.49. The molecule has 0 N–H and O–H groups in total. The number of hydrogen-bond acceptors (Lipinski definition) is 2. The van der Waals surface area contributed by atoms with E-state index < -0.39 is 0 Å². The first-order valence-electron chi connectivity index (χ1n) is 6.15. The monoisotopic (exact) mass is 229 g/mol. The Hall–Kier alpha value is -1.33. The van der Waals surface area contributed by atoms with E-state index in [0.717, 1.165) is 0 Å². The van der Waals surface area contributed by atoms with Crippen LogP contribution in [0, 0.1) is 30.1 Å². The number of benzene rings is 1. The fourth-order valence-corrected chi connectivity index (χ4v) is 2.87. The summed E-state index contributed by atoms with van der Waals surface area (Å²) in [5.74, 6) is 0.376. The minimum absolute atomic E-state index is 0.0253. The van der Waals surface area contributed by atoms with Gasteiger partial charge in [0.2, 0.25) is 0 Å². The number of aryl methyl sites for hydroxylation is 1. The summed E-state index contributed by atoms with van der Waals surface area (Å²) in [6.07, 6.45) is 0. The second-order valence-corrected chi connectivity index (χ2v) is 5.31. The molecular weight excluding hydrogens is 210 g/mol. The van der Waals surface area contributed by atoms with Gasteiger partial charge in [-0.05, 0) is 24.0 Å². The van der Waals surface area contributed by atoms with E-state index >= 15 is 0 Å². The van der Waals surface area contributed by atoms with Gasteiger partial charge >= 0.3 is 0 Å². The lowest BCUT2D eigenvalue weighted by Crippen LogP contribution is -2.53. The lowest BCUT2D eigenvalue weighted by molar-refractivity contribution is -0.0879. The van der Waals surface area contributed by atoms with E-state index in [-0.39, 0.29) is 11.3 Å². The van der Waals surface area contributed by atoms with Gasteiger partial charge in [-0.2, -0.15) is 5.26 Å². The van der Waals surface area contributed by atoms with Crippen molar-refractivity contribution < 1.29 is 4.74 Å². The SMILES string of the molecule is Cc1ccccc1C1(C(C#N)C(C)C)COC1. The number of nitrogens with zero attached hydrogens (tertiary/aromatic N) is 1. The molecule has 0 radical (unpaired) electrons. The number of hydrogen-bond donors (Lipinski definition) is 0. The van der Waals surface area contributed by atoms with Gasteiger partial charge in [0.25, 0.3) is 0 Å². The summed E-state index contributed by atoms with van der Waals surface area (Å²) in [5, 5.41) is 9.44. The Morgan fingerprint density at radius 1 is 1.29 bits per heavy atom. The van der Waals surface area contributed by atoms with Crippen LogP contribution in [0.1, 0.15) is 25.0 Å². The molecule has 1 unspecified atom stereocenters. The molecule has 1 fully saturated rings. The van der Waals surface area contributed by atoms with E-state index in [0.29, 0.717) is 19.1 Å². The second-order valence-electron chi connectivity index (χ2n) is 5.31. The largest absolute Gasteiger partial charge is 0.379 e. The normalized spacial score (nSPS) is 19.5. The van der Waals surface area contributed by atoms with Crippen molar-refractivity contribution in [1.82, 2.24) is 0 Å². The summed E-state index contributed by atoms with van der Waals surface area (Å²) in [7, 11) is 0. The molecule has 1 aliphatic heterocycles. The number of rotatable bonds is 3. The fourth-order valence-electron chi connectivity index (χ4n) is 2.87. The van der Waals surface area contributed by atoms with Gasteiger partial charge in [-0.15, -0.1) is 0 Å². The van der Waals surface area contributed by atoms with Crippen LogP contribution in [0.3, 0.4) is 0 Å². The highest BCUT2D eigenvalue weighted by atomic mass is 16.5. The summed E-state index contributed by atoms with van der Waals surface area (Å²) in [5.41, 5.74) is 2.46. The molecule has 90 valence electrons. The van der Waals surface area contributed by atoms with Crippen molar-refractivity contribution in [3.8, 4) is 6.07 Å². The van der Waals surface area contributed by atoms with Crippen LogP contribution in [0.4, 0.5) is 0 Å². The molecule has 0 amide bonds. The van der Waals surface area contributed by atoms with Crippen molar-refractivity contribution in [3.63, 3.8) is 0 Å². The van der Waals surface area contributed by atoms with Crippen LogP contribution in [0.2, 0.25) is 0 Å². The Kier molecular flexibility index (Phi) is 3.22. The van der Waals surface area contributed by atoms with E-state index in [1.54, 1.807) is 0 Å². The predicted octanol–water partition coefficient (Wildman–Crippen LogP) is 3.06. The minimum atomic E-state index is -0.0890. The third kappa shape index (κ3) is 1.85. The lowest BCUT2D eigenvalue weighted by Gasteiger charge is -2.47. The molecule has 1 heterocycles. The van der Waals surface area contributed by atoms with E-state index in [1.807, 2.05) is 6.07 Å². The molecule has 1 saturated heterocycles. The first-order valence-corrected chi connectivity index (χ1v) is 6.15. The van der Waals surface area contributed by atoms with Crippen LogP contribution < -0.4 is 0 Å². The molecule has 1 aromatic rings. The zero-order valence-electron chi connectivity index (χ0n) is 10.7. The van der Waals surface area contributed by atoms with Gasteiger partial charge in [0.15, 0.2) is 0 Å². The molecule has 0 aromatic heterocycles. The van der Waals surface area contributed by atoms with Crippen molar-refractivity contribution in [2.24, 2.45) is 11.8 Å². The van der Waals surface area contributed by atoms with Gasteiger partial charge in [-0.3, -0.25) is 0 Å². The van der Waals surface area contributed by atoms with Crippen molar-refractivity contribution in [2.45, 2.75) is 26.2 Å². The van der Waals surface area contributed by atoms with Crippen LogP contribution in [0.15, 0.2) is 24.3 Å². The van der Waals surface area contributed by atoms with E-state index in [1.165, 1.54) is 11.1 Å². The Morgan fingerprint density at radius 2 is 1.94 bits per heavy atom. The first kappa shape index (κ1) is 12.1. The van der Waals surface area contributed by atoms with Crippen LogP contribution in [0.5, 0.6) is 0 Å². The van der Waals surface area contributed by atoms with Gasteiger partial charge in [0, 0.05) is 0 Å². The van der Waals surface area contributed by atoms with Gasteiger partial charge < -0.3 is 4.74 Å². The Labute approximate surface area is 103 Å². The van der Waals surface area contributed by atoms with Gasteiger partial charge in [-0.25, -0.2) is 0 Å². The molecule has 1 aliphatic rings. The Balaban J connectivity index is 2.45. The molecule has 2 nitrogen and oxygen atoms in total. The third-order valence-corrected chi connectivity index (χ3v) is 3.80. The molecule has 1 aromatic carbocycles. The lowest BCUT2D eigenvalue weighted by atomic mass is 9.64. The maximum atomic E-state index is 9.44. The maximum Gasteiger partial charge on any atom is 0.0669 e. The van der Waals surface area contributed by atoms with Crippen molar-refractivity contribution in [3.05, 3.63) is 35.4 Å². The Morgan fingerprint density at radius 3 is 2.35 bits per heavy atom. The van der Waals surface area contributed by atoms with Crippen LogP contribution in [-0.4, -0.2) is 13.2 Å². The summed E-state index contributed by atoms with van der Waals surface area (Å²) in [4.78, 5) is 0. The second kappa shape index (κ2) is 4.50. The quantitative estimate of drug-likeness (QED) is 0.798. The molecule has 17 heavy (non-hydrogen) atoms. The first-order chi connectivity index (χ1) is 8.12. The summed E-state index contributed by atoms with van der Waals surface area (Å²) in [6, 6.07) is 10.8. The minimum Gasteiger partial charge on any atom is -0.379 e. The average molecular weight is 229 g/mol. The number of ether oxygens (including phenoxy) is 1. The maximum absolute atomic E-state index is 9.44. The molecule has 2 heteroatoms. The zero-order chi connectivity index (χ0) is 12.5. The van der Waals surface area contributed by atoms with Crippen molar-refractivity contribution in [2.75, 3.05) is 13.2 Å². The predicted molar refractivity (Wildman–Crippen MR) is 67.6 cm³/mol. The van der Waals surface area contributed by atoms with Crippen LogP contribution in [-0.2, 0) is 10.2 Å². The highest BCUT2D eigenvalue weighted by molar-refractivity contribution is 5.38.